The maximum Gasteiger partial charge on any atom is 0.177 e. The summed E-state index contributed by atoms with van der Waals surface area (Å²) in [5, 5.41) is 31.8. The van der Waals surface area contributed by atoms with Crippen LogP contribution in [0.4, 0.5) is 5.82 Å². The van der Waals surface area contributed by atoms with E-state index in [4.69, 9.17) is 21.3 Å². The highest BCUT2D eigenvalue weighted by Crippen LogP contribution is 2.39. The number of aromatic nitrogens is 4. The lowest BCUT2D eigenvalue weighted by Gasteiger charge is -2.27. The summed E-state index contributed by atoms with van der Waals surface area (Å²) >= 11 is 7.40. The Morgan fingerprint density at radius 1 is 1.06 bits per heavy atom. The third-order valence-corrected chi connectivity index (χ3v) is 7.11. The van der Waals surface area contributed by atoms with Crippen LogP contribution in [0.15, 0.2) is 40.6 Å². The highest BCUT2D eigenvalue weighted by atomic mass is 35.5. The zero-order valence-corrected chi connectivity index (χ0v) is 18.8. The summed E-state index contributed by atoms with van der Waals surface area (Å²) in [6.45, 7) is 1.38. The van der Waals surface area contributed by atoms with Crippen LogP contribution in [0.3, 0.4) is 0 Å². The van der Waals surface area contributed by atoms with Gasteiger partial charge in [0.1, 0.15) is 24.6 Å². The van der Waals surface area contributed by atoms with E-state index in [2.05, 4.69) is 14.9 Å². The highest BCUT2D eigenvalue weighted by molar-refractivity contribution is 7.99. The van der Waals surface area contributed by atoms with Gasteiger partial charge in [0.25, 0.3) is 0 Å². The van der Waals surface area contributed by atoms with E-state index in [1.54, 1.807) is 16.7 Å². The number of rotatable bonds is 5. The molecule has 2 aliphatic heterocycles. The Kier molecular flexibility index (Phi) is 6.24. The van der Waals surface area contributed by atoms with Crippen molar-refractivity contribution in [3.63, 3.8) is 0 Å². The molecule has 4 heterocycles. The number of imidazole rings is 1. The summed E-state index contributed by atoms with van der Waals surface area (Å²) < 4.78 is 7.52. The average molecular weight is 478 g/mol. The molecule has 0 aliphatic carbocycles. The van der Waals surface area contributed by atoms with Gasteiger partial charge in [-0.3, -0.25) is 4.57 Å². The Bertz CT molecular complexity index is 1090. The first kappa shape index (κ1) is 21.9. The fourth-order valence-electron chi connectivity index (χ4n) is 4.22. The predicted molar refractivity (Wildman–Crippen MR) is 120 cm³/mol. The van der Waals surface area contributed by atoms with Gasteiger partial charge in [0.05, 0.1) is 6.61 Å². The van der Waals surface area contributed by atoms with Gasteiger partial charge in [0, 0.05) is 23.0 Å². The second-order valence-electron chi connectivity index (χ2n) is 7.97. The van der Waals surface area contributed by atoms with Crippen molar-refractivity contribution in [2.24, 2.45) is 0 Å². The van der Waals surface area contributed by atoms with E-state index in [-0.39, 0.29) is 0 Å². The van der Waals surface area contributed by atoms with Gasteiger partial charge in [-0.05, 0) is 43.5 Å². The molecule has 11 heteroatoms. The Labute approximate surface area is 194 Å². The van der Waals surface area contributed by atoms with Gasteiger partial charge in [0.2, 0.25) is 0 Å². The summed E-state index contributed by atoms with van der Waals surface area (Å²) in [5.41, 5.74) is 1.12. The molecule has 0 bridgehead atoms. The number of aliphatic hydroxyl groups excluding tert-OH is 3. The van der Waals surface area contributed by atoms with E-state index in [0.717, 1.165) is 36.6 Å². The van der Waals surface area contributed by atoms with E-state index in [1.165, 1.54) is 24.5 Å². The van der Waals surface area contributed by atoms with Crippen LogP contribution in [0, 0.1) is 0 Å². The van der Waals surface area contributed by atoms with Crippen LogP contribution in [0.25, 0.3) is 11.2 Å². The number of aliphatic hydroxyl groups is 3. The van der Waals surface area contributed by atoms with Crippen molar-refractivity contribution in [1.82, 2.24) is 19.5 Å². The fraction of sp³-hybridized carbons (Fsp3) is 0.476. The Hall–Kier alpha value is -1.95. The Morgan fingerprint density at radius 2 is 1.81 bits per heavy atom. The fourth-order valence-corrected chi connectivity index (χ4v) is 5.25. The molecule has 5 rings (SSSR count). The van der Waals surface area contributed by atoms with Crippen molar-refractivity contribution < 1.29 is 20.1 Å². The predicted octanol–water partition coefficient (Wildman–Crippen LogP) is 2.23. The van der Waals surface area contributed by atoms with Crippen LogP contribution in [-0.4, -0.2) is 72.8 Å². The Balaban J connectivity index is 1.62. The zero-order chi connectivity index (χ0) is 22.2. The van der Waals surface area contributed by atoms with Crippen molar-refractivity contribution >= 4 is 40.3 Å². The van der Waals surface area contributed by atoms with Crippen LogP contribution in [0.5, 0.6) is 0 Å². The van der Waals surface area contributed by atoms with Gasteiger partial charge in [-0.25, -0.2) is 15.0 Å². The van der Waals surface area contributed by atoms with E-state index < -0.39 is 31.1 Å². The quantitative estimate of drug-likeness (QED) is 0.508. The summed E-state index contributed by atoms with van der Waals surface area (Å²) in [4.78, 5) is 16.9. The number of piperidine rings is 1. The number of benzene rings is 1. The van der Waals surface area contributed by atoms with Crippen LogP contribution in [-0.2, 0) is 4.74 Å². The third kappa shape index (κ3) is 3.95. The van der Waals surface area contributed by atoms with Crippen LogP contribution >= 0.6 is 23.4 Å². The average Bonchev–Trinajstić information content (AvgIpc) is 3.32. The number of anilines is 1. The van der Waals surface area contributed by atoms with Gasteiger partial charge >= 0.3 is 0 Å². The second-order valence-corrected chi connectivity index (χ2v) is 9.44. The molecule has 2 aromatic heterocycles. The van der Waals surface area contributed by atoms with Crippen molar-refractivity contribution in [2.75, 3.05) is 24.6 Å². The zero-order valence-electron chi connectivity index (χ0n) is 17.2. The minimum atomic E-state index is -1.25. The maximum absolute atomic E-state index is 10.7. The molecular formula is C21H24ClN5O4S. The van der Waals surface area contributed by atoms with E-state index in [9.17, 15) is 15.3 Å². The number of ether oxygens (including phenoxy) is 1. The lowest BCUT2D eigenvalue weighted by molar-refractivity contribution is -0.0548. The van der Waals surface area contributed by atoms with Gasteiger partial charge in [-0.2, -0.15) is 0 Å². The minimum absolute atomic E-state index is 0.408. The first-order chi connectivity index (χ1) is 15.6. The number of hydrogen-bond donors (Lipinski definition) is 3. The molecule has 4 atom stereocenters. The van der Waals surface area contributed by atoms with Gasteiger partial charge in [-0.15, -0.1) is 0 Å². The molecule has 0 spiro atoms. The van der Waals surface area contributed by atoms with Gasteiger partial charge in [-0.1, -0.05) is 23.4 Å². The molecule has 2 saturated heterocycles. The number of fused-ring (bicyclic) bond motifs is 1. The lowest BCUT2D eigenvalue weighted by Crippen LogP contribution is -2.33. The normalized spacial score (nSPS) is 26.2. The van der Waals surface area contributed by atoms with Crippen molar-refractivity contribution in [1.29, 1.82) is 0 Å². The summed E-state index contributed by atoms with van der Waals surface area (Å²) in [6.07, 6.45) is 0.542. The lowest BCUT2D eigenvalue weighted by atomic mass is 10.1. The SMILES string of the molecule is OC[C@H]1O[C@@H](n2c(Sc3ccc(Cl)cc3)nc3c(N4CCCCC4)ncnc32)[C@H](O)[C@@H]1O. The van der Waals surface area contributed by atoms with Gasteiger partial charge < -0.3 is 25.0 Å². The first-order valence-electron chi connectivity index (χ1n) is 10.6. The Morgan fingerprint density at radius 3 is 2.50 bits per heavy atom. The van der Waals surface area contributed by atoms with Crippen LogP contribution in [0.1, 0.15) is 25.5 Å². The molecule has 2 aliphatic rings. The van der Waals surface area contributed by atoms with Gasteiger partial charge in [0.15, 0.2) is 28.4 Å². The molecule has 3 aromatic rings. The molecule has 0 unspecified atom stereocenters. The molecular weight excluding hydrogens is 454 g/mol. The second kappa shape index (κ2) is 9.12. The van der Waals surface area contributed by atoms with E-state index in [1.807, 2.05) is 12.1 Å². The van der Waals surface area contributed by atoms with E-state index >= 15 is 0 Å². The molecule has 1 aromatic carbocycles. The summed E-state index contributed by atoms with van der Waals surface area (Å²) in [7, 11) is 0. The topological polar surface area (TPSA) is 117 Å². The first-order valence-corrected chi connectivity index (χ1v) is 11.8. The molecule has 170 valence electrons. The number of halogens is 1. The molecule has 9 nitrogen and oxygen atoms in total. The minimum Gasteiger partial charge on any atom is -0.394 e. The number of hydrogen-bond acceptors (Lipinski definition) is 9. The third-order valence-electron chi connectivity index (χ3n) is 5.88. The largest absolute Gasteiger partial charge is 0.394 e. The molecule has 32 heavy (non-hydrogen) atoms. The standard InChI is InChI=1S/C21H24ClN5O4S/c22-12-4-6-13(7-5-12)32-21-25-15-18(26-8-2-1-3-9-26)23-11-24-19(15)27(21)20-17(30)16(29)14(10-28)31-20/h4-7,11,14,16-17,20,28-30H,1-3,8-10H2/t14-,16-,17-,20-/m1/s1. The van der Waals surface area contributed by atoms with Crippen molar-refractivity contribution in [3.05, 3.63) is 35.6 Å². The highest BCUT2D eigenvalue weighted by Gasteiger charge is 2.45. The molecule has 0 amide bonds. The van der Waals surface area contributed by atoms with Crippen molar-refractivity contribution in [3.8, 4) is 0 Å². The molecule has 3 N–H and O–H groups in total. The monoisotopic (exact) mass is 477 g/mol. The van der Waals surface area contributed by atoms with Crippen LogP contribution in [0.2, 0.25) is 5.02 Å². The molecule has 0 saturated carbocycles. The van der Waals surface area contributed by atoms with Crippen LogP contribution < -0.4 is 4.90 Å². The molecule has 2 fully saturated rings. The maximum atomic E-state index is 10.7. The summed E-state index contributed by atoms with van der Waals surface area (Å²) in [6, 6.07) is 7.35. The summed E-state index contributed by atoms with van der Waals surface area (Å²) in [5.74, 6) is 0.748. The molecule has 0 radical (unpaired) electrons. The van der Waals surface area contributed by atoms with E-state index in [0.29, 0.717) is 21.3 Å². The van der Waals surface area contributed by atoms with Crippen molar-refractivity contribution in [2.45, 2.75) is 53.9 Å². The number of nitrogens with zero attached hydrogens (tertiary/aromatic N) is 5. The smallest absolute Gasteiger partial charge is 0.177 e.